The van der Waals surface area contributed by atoms with E-state index in [0.717, 1.165) is 51.1 Å². The molecule has 5 nitrogen and oxygen atoms in total. The molecule has 3 rings (SSSR count). The van der Waals surface area contributed by atoms with Crippen LogP contribution in [0.5, 0.6) is 0 Å². The van der Waals surface area contributed by atoms with Gasteiger partial charge in [0.05, 0.1) is 0 Å². The smallest absolute Gasteiger partial charge is 0.191 e. The van der Waals surface area contributed by atoms with Gasteiger partial charge in [0.2, 0.25) is 0 Å². The van der Waals surface area contributed by atoms with Crippen molar-refractivity contribution >= 4 is 5.96 Å². The van der Waals surface area contributed by atoms with Crippen molar-refractivity contribution in [2.75, 3.05) is 39.9 Å². The van der Waals surface area contributed by atoms with Crippen molar-refractivity contribution in [1.82, 2.24) is 15.5 Å². The molecule has 0 amide bonds. The van der Waals surface area contributed by atoms with Gasteiger partial charge in [0.1, 0.15) is 0 Å². The predicted molar refractivity (Wildman–Crippen MR) is 107 cm³/mol. The van der Waals surface area contributed by atoms with Crippen LogP contribution >= 0.6 is 0 Å². The minimum atomic E-state index is 0.793. The molecule has 0 unspecified atom stereocenters. The fraction of sp³-hybridized carbons (Fsp3) is 0.667. The summed E-state index contributed by atoms with van der Waals surface area (Å²) in [5.41, 5.74) is 2.69. The maximum Gasteiger partial charge on any atom is 0.191 e. The van der Waals surface area contributed by atoms with Crippen LogP contribution in [-0.2, 0) is 17.8 Å². The number of nitrogens with zero attached hydrogens (tertiary/aromatic N) is 2. The van der Waals surface area contributed by atoms with Crippen LogP contribution in [0.4, 0.5) is 0 Å². The molecule has 0 radical (unpaired) electrons. The number of nitrogens with one attached hydrogen (secondary N) is 2. The molecule has 2 N–H and O–H groups in total. The number of guanidine groups is 1. The summed E-state index contributed by atoms with van der Waals surface area (Å²) in [6.45, 7) is 7.04. The summed E-state index contributed by atoms with van der Waals surface area (Å²) in [6, 6.07) is 8.94. The molecular weight excluding hydrogens is 324 g/mol. The van der Waals surface area contributed by atoms with Gasteiger partial charge in [-0.05, 0) is 62.2 Å². The molecule has 1 aromatic carbocycles. The van der Waals surface area contributed by atoms with Crippen LogP contribution in [0.25, 0.3) is 0 Å². The molecule has 144 valence electrons. The van der Waals surface area contributed by atoms with Gasteiger partial charge in [-0.3, -0.25) is 9.89 Å². The Bertz CT molecular complexity index is 548. The van der Waals surface area contributed by atoms with Crippen molar-refractivity contribution in [2.45, 2.75) is 45.2 Å². The highest BCUT2D eigenvalue weighted by atomic mass is 16.5. The van der Waals surface area contributed by atoms with E-state index in [1.165, 1.54) is 49.9 Å². The highest BCUT2D eigenvalue weighted by Crippen LogP contribution is 2.28. The van der Waals surface area contributed by atoms with Gasteiger partial charge in [-0.25, -0.2) is 0 Å². The normalized spacial score (nSPS) is 18.3. The van der Waals surface area contributed by atoms with Gasteiger partial charge in [-0.1, -0.05) is 24.3 Å². The average molecular weight is 359 g/mol. The van der Waals surface area contributed by atoms with Crippen LogP contribution in [0, 0.1) is 5.92 Å². The van der Waals surface area contributed by atoms with E-state index in [1.54, 1.807) is 0 Å². The van der Waals surface area contributed by atoms with Gasteiger partial charge >= 0.3 is 0 Å². The summed E-state index contributed by atoms with van der Waals surface area (Å²) in [5, 5.41) is 6.74. The lowest BCUT2D eigenvalue weighted by molar-refractivity contribution is 0.123. The van der Waals surface area contributed by atoms with Crippen LogP contribution in [0.2, 0.25) is 0 Å². The lowest BCUT2D eigenvalue weighted by Gasteiger charge is -2.15. The van der Waals surface area contributed by atoms with E-state index in [-0.39, 0.29) is 0 Å². The Morgan fingerprint density at radius 1 is 1.12 bits per heavy atom. The second-order valence-electron chi connectivity index (χ2n) is 7.52. The number of hydrogen-bond donors (Lipinski definition) is 2. The van der Waals surface area contributed by atoms with Crippen LogP contribution in [-0.4, -0.2) is 50.8 Å². The molecule has 0 aromatic heterocycles. The molecule has 0 atom stereocenters. The second-order valence-corrected chi connectivity index (χ2v) is 7.52. The molecule has 1 aromatic rings. The first kappa shape index (κ1) is 19.2. The van der Waals surface area contributed by atoms with Gasteiger partial charge in [0.25, 0.3) is 0 Å². The first-order chi connectivity index (χ1) is 12.8. The summed E-state index contributed by atoms with van der Waals surface area (Å²) in [4.78, 5) is 6.83. The van der Waals surface area contributed by atoms with Gasteiger partial charge in [-0.15, -0.1) is 0 Å². The molecule has 0 bridgehead atoms. The van der Waals surface area contributed by atoms with E-state index >= 15 is 0 Å². The standard InChI is InChI=1S/C21H34N4O/c1-22-21(23-11-4-14-26-17-20-9-10-20)24-15-18-5-7-19(8-6-18)16-25-12-2-3-13-25/h5-8,20H,2-4,9-17H2,1H3,(H2,22,23,24). The molecule has 1 aliphatic heterocycles. The quantitative estimate of drug-likeness (QED) is 0.384. The maximum absolute atomic E-state index is 5.66. The Balaban J connectivity index is 1.29. The zero-order chi connectivity index (χ0) is 18.0. The van der Waals surface area contributed by atoms with Gasteiger partial charge in [0, 0.05) is 39.9 Å². The molecule has 5 heteroatoms. The number of rotatable bonds is 10. The zero-order valence-electron chi connectivity index (χ0n) is 16.2. The van der Waals surface area contributed by atoms with Gasteiger partial charge in [0.15, 0.2) is 5.96 Å². The number of aliphatic imine (C=N–C) groups is 1. The minimum Gasteiger partial charge on any atom is -0.381 e. The number of likely N-dealkylation sites (tertiary alicyclic amines) is 1. The van der Waals surface area contributed by atoms with E-state index in [0.29, 0.717) is 0 Å². The minimum absolute atomic E-state index is 0.793. The zero-order valence-corrected chi connectivity index (χ0v) is 16.2. The van der Waals surface area contributed by atoms with Crippen LogP contribution in [0.1, 0.15) is 43.2 Å². The molecular formula is C21H34N4O. The summed E-state index contributed by atoms with van der Waals surface area (Å²) >= 11 is 0. The van der Waals surface area contributed by atoms with E-state index in [4.69, 9.17) is 4.74 Å². The fourth-order valence-corrected chi connectivity index (χ4v) is 3.28. The highest BCUT2D eigenvalue weighted by Gasteiger charge is 2.20. The molecule has 1 saturated heterocycles. The Morgan fingerprint density at radius 2 is 1.85 bits per heavy atom. The molecule has 1 heterocycles. The van der Waals surface area contributed by atoms with Crippen molar-refractivity contribution < 1.29 is 4.74 Å². The highest BCUT2D eigenvalue weighted by molar-refractivity contribution is 5.79. The Kier molecular flexibility index (Phi) is 7.77. The third-order valence-electron chi connectivity index (χ3n) is 5.12. The summed E-state index contributed by atoms with van der Waals surface area (Å²) < 4.78 is 5.66. The van der Waals surface area contributed by atoms with E-state index < -0.39 is 0 Å². The first-order valence-electron chi connectivity index (χ1n) is 10.2. The molecule has 2 fully saturated rings. The predicted octanol–water partition coefficient (Wildman–Crippen LogP) is 2.76. The summed E-state index contributed by atoms with van der Waals surface area (Å²) in [5.74, 6) is 1.70. The SMILES string of the molecule is CN=C(NCCCOCC1CC1)NCc1ccc(CN2CCCC2)cc1. The third-order valence-corrected chi connectivity index (χ3v) is 5.12. The number of ether oxygens (including phenoxy) is 1. The fourth-order valence-electron chi connectivity index (χ4n) is 3.28. The van der Waals surface area contributed by atoms with Gasteiger partial charge in [-0.2, -0.15) is 0 Å². The topological polar surface area (TPSA) is 48.9 Å². The van der Waals surface area contributed by atoms with E-state index in [9.17, 15) is 0 Å². The molecule has 1 aliphatic carbocycles. The Morgan fingerprint density at radius 3 is 2.54 bits per heavy atom. The number of benzene rings is 1. The molecule has 26 heavy (non-hydrogen) atoms. The summed E-state index contributed by atoms with van der Waals surface area (Å²) in [6.07, 6.45) is 6.42. The first-order valence-corrected chi connectivity index (χ1v) is 10.2. The van der Waals surface area contributed by atoms with E-state index in [2.05, 4.69) is 44.8 Å². The van der Waals surface area contributed by atoms with Crippen molar-refractivity contribution in [2.24, 2.45) is 10.9 Å². The van der Waals surface area contributed by atoms with Crippen molar-refractivity contribution in [3.05, 3.63) is 35.4 Å². The average Bonchev–Trinajstić information content (AvgIpc) is 3.36. The van der Waals surface area contributed by atoms with Crippen LogP contribution in [0.3, 0.4) is 0 Å². The molecule has 1 saturated carbocycles. The lowest BCUT2D eigenvalue weighted by atomic mass is 10.1. The summed E-state index contributed by atoms with van der Waals surface area (Å²) in [7, 11) is 1.82. The van der Waals surface area contributed by atoms with Crippen LogP contribution < -0.4 is 10.6 Å². The monoisotopic (exact) mass is 358 g/mol. The Labute approximate surface area is 158 Å². The maximum atomic E-state index is 5.66. The van der Waals surface area contributed by atoms with Crippen molar-refractivity contribution in [3.63, 3.8) is 0 Å². The van der Waals surface area contributed by atoms with Gasteiger partial charge < -0.3 is 15.4 Å². The van der Waals surface area contributed by atoms with Crippen molar-refractivity contribution in [1.29, 1.82) is 0 Å². The largest absolute Gasteiger partial charge is 0.381 e. The molecule has 0 spiro atoms. The van der Waals surface area contributed by atoms with E-state index in [1.807, 2.05) is 7.05 Å². The lowest BCUT2D eigenvalue weighted by Crippen LogP contribution is -2.37. The van der Waals surface area contributed by atoms with Crippen LogP contribution in [0.15, 0.2) is 29.3 Å². The van der Waals surface area contributed by atoms with Crippen molar-refractivity contribution in [3.8, 4) is 0 Å². The third kappa shape index (κ3) is 6.96. The second kappa shape index (κ2) is 10.5. The Hall–Kier alpha value is -1.59. The number of hydrogen-bond acceptors (Lipinski definition) is 3. The molecule has 2 aliphatic rings.